The molecule has 1 heterocycles. The second kappa shape index (κ2) is 7.42. The number of carbonyl (C=O) groups is 3. The van der Waals surface area contributed by atoms with Crippen LogP contribution in [0.25, 0.3) is 0 Å². The maximum absolute atomic E-state index is 12.5. The summed E-state index contributed by atoms with van der Waals surface area (Å²) >= 11 is 0. The topological polar surface area (TPSA) is 97.0 Å². The first-order valence-corrected chi connectivity index (χ1v) is 8.06. The highest BCUT2D eigenvalue weighted by molar-refractivity contribution is 6.10. The molecule has 8 nitrogen and oxygen atoms in total. The van der Waals surface area contributed by atoms with Crippen LogP contribution in [0.15, 0.2) is 18.2 Å². The third kappa shape index (κ3) is 3.67. The molecule has 0 saturated carbocycles. The van der Waals surface area contributed by atoms with E-state index in [-0.39, 0.29) is 12.5 Å². The minimum absolute atomic E-state index is 0.355. The van der Waals surface area contributed by atoms with Crippen molar-refractivity contribution in [1.82, 2.24) is 10.2 Å². The van der Waals surface area contributed by atoms with Gasteiger partial charge >= 0.3 is 6.03 Å². The molecule has 0 spiro atoms. The Balaban J connectivity index is 2.10. The van der Waals surface area contributed by atoms with Gasteiger partial charge < -0.3 is 20.1 Å². The van der Waals surface area contributed by atoms with Gasteiger partial charge in [0.2, 0.25) is 5.91 Å². The molecule has 2 rings (SSSR count). The first-order valence-electron chi connectivity index (χ1n) is 8.06. The predicted octanol–water partition coefficient (Wildman–Crippen LogP) is 1.75. The molecule has 4 amide bonds. The van der Waals surface area contributed by atoms with Crippen molar-refractivity contribution in [3.63, 3.8) is 0 Å². The average Bonchev–Trinajstić information content (AvgIpc) is 2.85. The van der Waals surface area contributed by atoms with Crippen molar-refractivity contribution >= 4 is 23.5 Å². The van der Waals surface area contributed by atoms with E-state index in [2.05, 4.69) is 10.6 Å². The van der Waals surface area contributed by atoms with Crippen LogP contribution in [0, 0.1) is 0 Å². The standard InChI is InChI=1S/C17H23N3O5/c1-5-17(6-2)15(22)20(16(23)19-17)10-14(21)18-11-7-12(24-3)9-13(8-11)25-4/h7-9H,5-6,10H2,1-4H3,(H,18,21)(H,19,23). The Kier molecular flexibility index (Phi) is 5.51. The highest BCUT2D eigenvalue weighted by Gasteiger charge is 2.49. The molecular formula is C17H23N3O5. The van der Waals surface area contributed by atoms with Crippen LogP contribution >= 0.6 is 0 Å². The fourth-order valence-corrected chi connectivity index (χ4v) is 2.77. The van der Waals surface area contributed by atoms with Gasteiger partial charge in [-0.2, -0.15) is 0 Å². The maximum atomic E-state index is 12.5. The van der Waals surface area contributed by atoms with E-state index in [4.69, 9.17) is 9.47 Å². The number of amides is 4. The number of urea groups is 1. The van der Waals surface area contributed by atoms with E-state index < -0.39 is 17.5 Å². The third-order valence-electron chi connectivity index (χ3n) is 4.39. The molecule has 8 heteroatoms. The van der Waals surface area contributed by atoms with Crippen molar-refractivity contribution in [2.24, 2.45) is 0 Å². The number of anilines is 1. The zero-order valence-electron chi connectivity index (χ0n) is 14.8. The van der Waals surface area contributed by atoms with Gasteiger partial charge in [-0.25, -0.2) is 4.79 Å². The van der Waals surface area contributed by atoms with Crippen LogP contribution in [0.3, 0.4) is 0 Å². The zero-order chi connectivity index (χ0) is 18.6. The summed E-state index contributed by atoms with van der Waals surface area (Å²) in [5.74, 6) is 0.170. The van der Waals surface area contributed by atoms with Crippen molar-refractivity contribution in [2.75, 3.05) is 26.1 Å². The Morgan fingerprint density at radius 1 is 1.12 bits per heavy atom. The number of nitrogens with one attached hydrogen (secondary N) is 2. The van der Waals surface area contributed by atoms with Crippen molar-refractivity contribution < 1.29 is 23.9 Å². The molecule has 1 saturated heterocycles. The molecule has 0 aromatic heterocycles. The summed E-state index contributed by atoms with van der Waals surface area (Å²) in [7, 11) is 3.01. The lowest BCUT2D eigenvalue weighted by atomic mass is 9.93. The lowest BCUT2D eigenvalue weighted by Crippen LogP contribution is -2.46. The molecule has 2 N–H and O–H groups in total. The number of carbonyl (C=O) groups excluding carboxylic acids is 3. The van der Waals surface area contributed by atoms with E-state index in [1.54, 1.807) is 18.2 Å². The molecule has 1 fully saturated rings. The molecule has 0 unspecified atom stereocenters. The lowest BCUT2D eigenvalue weighted by Gasteiger charge is -2.23. The summed E-state index contributed by atoms with van der Waals surface area (Å²) in [6, 6.07) is 4.36. The van der Waals surface area contributed by atoms with Crippen LogP contribution in [-0.4, -0.2) is 49.0 Å². The SMILES string of the molecule is CCC1(CC)NC(=O)N(CC(=O)Nc2cc(OC)cc(OC)c2)C1=O. The molecule has 1 aliphatic heterocycles. The van der Waals surface area contributed by atoms with Gasteiger partial charge in [0.1, 0.15) is 23.6 Å². The summed E-state index contributed by atoms with van der Waals surface area (Å²) in [5.41, 5.74) is -0.471. The van der Waals surface area contributed by atoms with Gasteiger partial charge in [-0.05, 0) is 12.8 Å². The summed E-state index contributed by atoms with van der Waals surface area (Å²) in [6.45, 7) is 3.30. The van der Waals surface area contributed by atoms with Gasteiger partial charge in [-0.15, -0.1) is 0 Å². The first-order chi connectivity index (χ1) is 11.9. The number of nitrogens with zero attached hydrogens (tertiary/aromatic N) is 1. The number of ether oxygens (including phenoxy) is 2. The van der Waals surface area contributed by atoms with Crippen molar-refractivity contribution in [2.45, 2.75) is 32.2 Å². The second-order valence-corrected chi connectivity index (χ2v) is 5.76. The minimum atomic E-state index is -0.920. The predicted molar refractivity (Wildman–Crippen MR) is 91.7 cm³/mol. The normalized spacial score (nSPS) is 15.8. The highest BCUT2D eigenvalue weighted by atomic mass is 16.5. The molecular weight excluding hydrogens is 326 g/mol. The summed E-state index contributed by atoms with van der Waals surface area (Å²) < 4.78 is 10.3. The van der Waals surface area contributed by atoms with Crippen LogP contribution in [0.4, 0.5) is 10.5 Å². The fraction of sp³-hybridized carbons (Fsp3) is 0.471. The number of hydrogen-bond donors (Lipinski definition) is 2. The van der Waals surface area contributed by atoms with Crippen LogP contribution in [0.1, 0.15) is 26.7 Å². The maximum Gasteiger partial charge on any atom is 0.325 e. The quantitative estimate of drug-likeness (QED) is 0.731. The van der Waals surface area contributed by atoms with Crippen molar-refractivity contribution in [3.8, 4) is 11.5 Å². The molecule has 136 valence electrons. The largest absolute Gasteiger partial charge is 0.497 e. The fourth-order valence-electron chi connectivity index (χ4n) is 2.77. The van der Waals surface area contributed by atoms with Gasteiger partial charge in [0.15, 0.2) is 0 Å². The van der Waals surface area contributed by atoms with Crippen molar-refractivity contribution in [3.05, 3.63) is 18.2 Å². The Bertz CT molecular complexity index is 663. The smallest absolute Gasteiger partial charge is 0.325 e. The lowest BCUT2D eigenvalue weighted by molar-refractivity contribution is -0.134. The van der Waals surface area contributed by atoms with E-state index >= 15 is 0 Å². The second-order valence-electron chi connectivity index (χ2n) is 5.76. The van der Waals surface area contributed by atoms with Crippen LogP contribution in [0.5, 0.6) is 11.5 Å². The zero-order valence-corrected chi connectivity index (χ0v) is 14.8. The summed E-state index contributed by atoms with van der Waals surface area (Å²) in [4.78, 5) is 37.8. The van der Waals surface area contributed by atoms with Crippen LogP contribution in [-0.2, 0) is 9.59 Å². The Labute approximate surface area is 146 Å². The molecule has 0 bridgehead atoms. The van der Waals surface area contributed by atoms with E-state index in [9.17, 15) is 14.4 Å². The molecule has 1 aromatic carbocycles. The molecule has 0 aliphatic carbocycles. The number of benzene rings is 1. The number of rotatable bonds is 7. The van der Waals surface area contributed by atoms with Gasteiger partial charge in [0.25, 0.3) is 5.91 Å². The first kappa shape index (κ1) is 18.6. The molecule has 1 aromatic rings. The van der Waals surface area contributed by atoms with Crippen molar-refractivity contribution in [1.29, 1.82) is 0 Å². The summed E-state index contributed by atoms with van der Waals surface area (Å²) in [5, 5.41) is 5.34. The van der Waals surface area contributed by atoms with E-state index in [0.717, 1.165) is 4.90 Å². The van der Waals surface area contributed by atoms with E-state index in [1.807, 2.05) is 13.8 Å². The van der Waals surface area contributed by atoms with Crippen LogP contribution in [0.2, 0.25) is 0 Å². The third-order valence-corrected chi connectivity index (χ3v) is 4.39. The van der Waals surface area contributed by atoms with Gasteiger partial charge in [0.05, 0.1) is 14.2 Å². The number of hydrogen-bond acceptors (Lipinski definition) is 5. The molecule has 25 heavy (non-hydrogen) atoms. The monoisotopic (exact) mass is 349 g/mol. The van der Waals surface area contributed by atoms with Gasteiger partial charge in [-0.3, -0.25) is 14.5 Å². The van der Waals surface area contributed by atoms with Gasteiger partial charge in [-0.1, -0.05) is 13.8 Å². The van der Waals surface area contributed by atoms with E-state index in [1.165, 1.54) is 14.2 Å². The Hall–Kier alpha value is -2.77. The number of imide groups is 1. The van der Waals surface area contributed by atoms with Gasteiger partial charge in [0, 0.05) is 23.9 Å². The van der Waals surface area contributed by atoms with E-state index in [0.29, 0.717) is 30.0 Å². The average molecular weight is 349 g/mol. The number of methoxy groups -OCH3 is 2. The van der Waals surface area contributed by atoms with Crippen LogP contribution < -0.4 is 20.1 Å². The molecule has 1 aliphatic rings. The molecule has 0 atom stereocenters. The molecule has 0 radical (unpaired) electrons. The Morgan fingerprint density at radius 2 is 1.68 bits per heavy atom. The highest BCUT2D eigenvalue weighted by Crippen LogP contribution is 2.27. The minimum Gasteiger partial charge on any atom is -0.497 e. The Morgan fingerprint density at radius 3 is 2.12 bits per heavy atom. The summed E-state index contributed by atoms with van der Waals surface area (Å²) in [6.07, 6.45) is 0.943.